The molecule has 1 unspecified atom stereocenters. The number of hydrogen-bond acceptors (Lipinski definition) is 4. The highest BCUT2D eigenvalue weighted by Gasteiger charge is 2.12. The number of aliphatic hydroxyl groups excluding tert-OH is 1. The van der Waals surface area contributed by atoms with Crippen molar-refractivity contribution in [1.29, 1.82) is 0 Å². The second-order valence-corrected chi connectivity index (χ2v) is 7.87. The highest BCUT2D eigenvalue weighted by Crippen LogP contribution is 2.29. The topological polar surface area (TPSA) is 69.5 Å². The number of rotatable bonds is 6. The van der Waals surface area contributed by atoms with Gasteiger partial charge in [0.2, 0.25) is 0 Å². The number of benzene rings is 2. The van der Waals surface area contributed by atoms with Gasteiger partial charge in [0.15, 0.2) is 5.96 Å². The predicted octanol–water partition coefficient (Wildman–Crippen LogP) is 4.86. The van der Waals surface area contributed by atoms with Crippen LogP contribution in [0, 0.1) is 0 Å². The van der Waals surface area contributed by atoms with E-state index in [0.29, 0.717) is 19.0 Å². The number of halogens is 1. The maximum absolute atomic E-state index is 10.6. The summed E-state index contributed by atoms with van der Waals surface area (Å²) in [6.45, 7) is 3.63. The largest absolute Gasteiger partial charge is 0.386 e. The van der Waals surface area contributed by atoms with Crippen LogP contribution in [0.2, 0.25) is 0 Å². The molecule has 0 spiro atoms. The van der Waals surface area contributed by atoms with Gasteiger partial charge in [-0.2, -0.15) is 0 Å². The fourth-order valence-corrected chi connectivity index (χ4v) is 4.32. The van der Waals surface area contributed by atoms with Crippen molar-refractivity contribution in [2.24, 2.45) is 4.99 Å². The molecular weight excluding hydrogens is 507 g/mol. The van der Waals surface area contributed by atoms with Crippen molar-refractivity contribution in [3.8, 4) is 0 Å². The lowest BCUT2D eigenvalue weighted by molar-refractivity contribution is 0.184. The van der Waals surface area contributed by atoms with Crippen molar-refractivity contribution in [1.82, 2.24) is 15.6 Å². The van der Waals surface area contributed by atoms with Gasteiger partial charge in [-0.3, -0.25) is 4.98 Å². The molecule has 30 heavy (non-hydrogen) atoms. The first-order chi connectivity index (χ1) is 14.2. The van der Waals surface area contributed by atoms with E-state index in [-0.39, 0.29) is 24.0 Å². The van der Waals surface area contributed by atoms with Crippen LogP contribution in [0.3, 0.4) is 0 Å². The molecular formula is C23H25IN4OS. The van der Waals surface area contributed by atoms with E-state index in [0.717, 1.165) is 33.3 Å². The second-order valence-electron chi connectivity index (χ2n) is 6.76. The first-order valence-corrected chi connectivity index (χ1v) is 10.6. The van der Waals surface area contributed by atoms with Crippen LogP contribution in [-0.2, 0) is 6.54 Å². The summed E-state index contributed by atoms with van der Waals surface area (Å²) in [5.41, 5.74) is 0.936. The minimum atomic E-state index is -0.591. The van der Waals surface area contributed by atoms with E-state index in [4.69, 9.17) is 0 Å². The Morgan fingerprint density at radius 1 is 1.07 bits per heavy atom. The maximum Gasteiger partial charge on any atom is 0.191 e. The van der Waals surface area contributed by atoms with E-state index in [1.165, 1.54) is 4.70 Å². The van der Waals surface area contributed by atoms with Gasteiger partial charge in [0, 0.05) is 34.2 Å². The molecule has 0 fully saturated rings. The fourth-order valence-electron chi connectivity index (χ4n) is 3.26. The van der Waals surface area contributed by atoms with Gasteiger partial charge in [-0.15, -0.1) is 35.3 Å². The normalized spacial score (nSPS) is 12.5. The van der Waals surface area contributed by atoms with Crippen molar-refractivity contribution in [3.63, 3.8) is 0 Å². The predicted molar refractivity (Wildman–Crippen MR) is 137 cm³/mol. The second kappa shape index (κ2) is 10.7. The number of fused-ring (bicyclic) bond motifs is 2. The van der Waals surface area contributed by atoms with E-state index >= 15 is 0 Å². The van der Waals surface area contributed by atoms with Crippen molar-refractivity contribution in [2.45, 2.75) is 19.6 Å². The first-order valence-electron chi connectivity index (χ1n) is 9.76. The molecule has 0 radical (unpaired) electrons. The van der Waals surface area contributed by atoms with Crippen molar-refractivity contribution in [2.75, 3.05) is 13.1 Å². The third-order valence-corrected chi connectivity index (χ3v) is 5.94. The van der Waals surface area contributed by atoms with Gasteiger partial charge in [-0.1, -0.05) is 42.5 Å². The summed E-state index contributed by atoms with van der Waals surface area (Å²) in [5, 5.41) is 20.5. The van der Waals surface area contributed by atoms with Gasteiger partial charge in [-0.25, -0.2) is 4.99 Å². The molecule has 0 saturated heterocycles. The molecule has 156 valence electrons. The summed E-state index contributed by atoms with van der Waals surface area (Å²) >= 11 is 1.62. The van der Waals surface area contributed by atoms with E-state index in [9.17, 15) is 5.11 Å². The minimum absolute atomic E-state index is 0. The molecule has 0 bridgehead atoms. The zero-order valence-corrected chi connectivity index (χ0v) is 19.9. The molecule has 1 atom stereocenters. The van der Waals surface area contributed by atoms with E-state index in [2.05, 4.69) is 50.9 Å². The Bertz CT molecular complexity index is 1110. The van der Waals surface area contributed by atoms with Crippen LogP contribution in [0.15, 0.2) is 71.9 Å². The fraction of sp³-hybridized carbons (Fsp3) is 0.217. The molecule has 7 heteroatoms. The summed E-state index contributed by atoms with van der Waals surface area (Å²) in [6.07, 6.45) is 1.23. The summed E-state index contributed by atoms with van der Waals surface area (Å²) in [6, 6.07) is 20.4. The summed E-state index contributed by atoms with van der Waals surface area (Å²) in [4.78, 5) is 10.1. The zero-order chi connectivity index (χ0) is 20.1. The third-order valence-electron chi connectivity index (χ3n) is 4.72. The molecule has 0 aliphatic rings. The van der Waals surface area contributed by atoms with Crippen molar-refractivity contribution in [3.05, 3.63) is 77.4 Å². The van der Waals surface area contributed by atoms with Crippen LogP contribution < -0.4 is 10.6 Å². The number of nitrogens with one attached hydrogen (secondary N) is 2. The Morgan fingerprint density at radius 2 is 1.83 bits per heavy atom. The summed E-state index contributed by atoms with van der Waals surface area (Å²) < 4.78 is 1.18. The van der Waals surface area contributed by atoms with Crippen LogP contribution in [0.25, 0.3) is 20.9 Å². The first kappa shape index (κ1) is 22.5. The number of pyridine rings is 1. The Balaban J connectivity index is 0.00000256. The Kier molecular flexibility index (Phi) is 8.01. The SMILES string of the molecule is CCNC(=NCc1nccc2ccccc12)NCC(O)c1cc2ccccc2s1.I. The number of aliphatic imine (C=N–C) groups is 1. The van der Waals surface area contributed by atoms with E-state index in [1.54, 1.807) is 11.3 Å². The van der Waals surface area contributed by atoms with Crippen LogP contribution in [-0.4, -0.2) is 29.1 Å². The maximum atomic E-state index is 10.6. The Hall–Kier alpha value is -2.23. The highest BCUT2D eigenvalue weighted by atomic mass is 127. The minimum Gasteiger partial charge on any atom is -0.386 e. The molecule has 2 heterocycles. The van der Waals surface area contributed by atoms with Gasteiger partial charge in [0.25, 0.3) is 0 Å². The number of aromatic nitrogens is 1. The molecule has 5 nitrogen and oxygen atoms in total. The van der Waals surface area contributed by atoms with Gasteiger partial charge >= 0.3 is 0 Å². The Morgan fingerprint density at radius 3 is 2.63 bits per heavy atom. The smallest absolute Gasteiger partial charge is 0.191 e. The van der Waals surface area contributed by atoms with Crippen molar-refractivity contribution < 1.29 is 5.11 Å². The standard InChI is InChI=1S/C23H24N4OS.HI/c1-2-24-23(26-14-19-18-9-5-3-7-16(18)11-12-25-19)27-15-20(28)22-13-17-8-4-6-10-21(17)29-22;/h3-13,20,28H,2,14-15H2,1H3,(H2,24,26,27);1H. The lowest BCUT2D eigenvalue weighted by atomic mass is 10.1. The van der Waals surface area contributed by atoms with Gasteiger partial charge in [0.1, 0.15) is 6.10 Å². The number of aliphatic hydroxyl groups is 1. The van der Waals surface area contributed by atoms with Gasteiger partial charge < -0.3 is 15.7 Å². The molecule has 0 aliphatic heterocycles. The number of guanidine groups is 1. The van der Waals surface area contributed by atoms with Crippen LogP contribution in [0.1, 0.15) is 23.6 Å². The Labute approximate surface area is 197 Å². The van der Waals surface area contributed by atoms with Crippen LogP contribution in [0.5, 0.6) is 0 Å². The molecule has 3 N–H and O–H groups in total. The molecule has 0 aliphatic carbocycles. The highest BCUT2D eigenvalue weighted by molar-refractivity contribution is 14.0. The van der Waals surface area contributed by atoms with Crippen molar-refractivity contribution >= 4 is 62.1 Å². The van der Waals surface area contributed by atoms with Crippen LogP contribution >= 0.6 is 35.3 Å². The van der Waals surface area contributed by atoms with E-state index in [1.807, 2.05) is 43.5 Å². The molecule has 2 aromatic carbocycles. The molecule has 4 rings (SSSR count). The molecule has 2 aromatic heterocycles. The lowest BCUT2D eigenvalue weighted by Crippen LogP contribution is -2.39. The van der Waals surface area contributed by atoms with Gasteiger partial charge in [0.05, 0.1) is 12.2 Å². The number of nitrogens with zero attached hydrogens (tertiary/aromatic N) is 2. The average Bonchev–Trinajstić information content (AvgIpc) is 3.20. The van der Waals surface area contributed by atoms with E-state index < -0.39 is 6.10 Å². The molecule has 0 amide bonds. The molecule has 0 saturated carbocycles. The van der Waals surface area contributed by atoms with Gasteiger partial charge in [-0.05, 0) is 35.9 Å². The number of hydrogen-bond donors (Lipinski definition) is 3. The zero-order valence-electron chi connectivity index (χ0n) is 16.7. The third kappa shape index (κ3) is 5.27. The molecule has 4 aromatic rings. The monoisotopic (exact) mass is 532 g/mol. The summed E-state index contributed by atoms with van der Waals surface area (Å²) in [7, 11) is 0. The quantitative estimate of drug-likeness (QED) is 0.189. The number of thiophene rings is 1. The van der Waals surface area contributed by atoms with Crippen LogP contribution in [0.4, 0.5) is 0 Å². The summed E-state index contributed by atoms with van der Waals surface area (Å²) in [5.74, 6) is 0.669. The lowest BCUT2D eigenvalue weighted by Gasteiger charge is -2.14. The average molecular weight is 532 g/mol.